The molecule has 9 heteroatoms. The van der Waals surface area contributed by atoms with Crippen LogP contribution in [0.2, 0.25) is 0 Å². The summed E-state index contributed by atoms with van der Waals surface area (Å²) in [5, 5.41) is 17.5. The van der Waals surface area contributed by atoms with Gasteiger partial charge in [0.25, 0.3) is 5.91 Å². The molecule has 1 aromatic carbocycles. The first-order valence-corrected chi connectivity index (χ1v) is 7.99. The summed E-state index contributed by atoms with van der Waals surface area (Å²) in [6, 6.07) is 3.00. The fourth-order valence-electron chi connectivity index (χ4n) is 3.19. The molecule has 0 spiro atoms. The number of aliphatic carboxylic acids is 1. The van der Waals surface area contributed by atoms with Crippen LogP contribution in [0, 0.1) is 12.7 Å². The lowest BCUT2D eigenvalue weighted by molar-refractivity contribution is -0.151. The Labute approximate surface area is 147 Å². The number of carboxylic acids is 1. The zero-order valence-electron chi connectivity index (χ0n) is 13.8. The van der Waals surface area contributed by atoms with Crippen molar-refractivity contribution in [3.8, 4) is 5.75 Å². The van der Waals surface area contributed by atoms with Gasteiger partial charge in [-0.25, -0.2) is 9.18 Å². The van der Waals surface area contributed by atoms with E-state index in [0.717, 1.165) is 0 Å². The van der Waals surface area contributed by atoms with Crippen molar-refractivity contribution >= 4 is 18.0 Å². The fourth-order valence-corrected chi connectivity index (χ4v) is 3.19. The second-order valence-electron chi connectivity index (χ2n) is 6.20. The van der Waals surface area contributed by atoms with Gasteiger partial charge in [0.2, 0.25) is 0 Å². The molecular weight excluding hydrogens is 343 g/mol. The Balaban J connectivity index is 1.68. The van der Waals surface area contributed by atoms with Crippen molar-refractivity contribution in [3.05, 3.63) is 46.8 Å². The molecule has 26 heavy (non-hydrogen) atoms. The van der Waals surface area contributed by atoms with E-state index in [1.807, 2.05) is 0 Å². The quantitative estimate of drug-likeness (QED) is 0.860. The number of hydrogen-bond donors (Lipinski definition) is 1. The summed E-state index contributed by atoms with van der Waals surface area (Å²) in [7, 11) is 0. The molecule has 2 aliphatic heterocycles. The molecule has 1 N–H and O–H groups in total. The monoisotopic (exact) mass is 358 g/mol. The Bertz CT molecular complexity index is 952. The Morgan fingerprint density at radius 1 is 1.35 bits per heavy atom. The van der Waals surface area contributed by atoms with Gasteiger partial charge in [0.1, 0.15) is 30.0 Å². The van der Waals surface area contributed by atoms with Crippen LogP contribution in [-0.4, -0.2) is 49.3 Å². The number of aryl methyl sites for hydroxylation is 1. The topological polar surface area (TPSA) is 97.5 Å². The Kier molecular flexibility index (Phi) is 3.71. The minimum atomic E-state index is -1.11. The second kappa shape index (κ2) is 5.94. The highest BCUT2D eigenvalue weighted by atomic mass is 19.1. The van der Waals surface area contributed by atoms with Gasteiger partial charge in [-0.15, -0.1) is 10.2 Å². The highest BCUT2D eigenvalue weighted by molar-refractivity contribution is 6.00. The highest BCUT2D eigenvalue weighted by Gasteiger charge is 2.38. The van der Waals surface area contributed by atoms with Crippen molar-refractivity contribution in [3.63, 3.8) is 0 Å². The minimum Gasteiger partial charge on any atom is -0.488 e. The van der Waals surface area contributed by atoms with Crippen LogP contribution in [0.5, 0.6) is 5.75 Å². The number of fused-ring (bicyclic) bond motifs is 2. The molecule has 0 fully saturated rings. The Hall–Kier alpha value is -3.23. The van der Waals surface area contributed by atoms with Crippen LogP contribution in [-0.2, 0) is 22.7 Å². The van der Waals surface area contributed by atoms with E-state index in [4.69, 9.17) is 4.74 Å². The molecule has 2 aromatic rings. The number of carboxylic acid groups (broad SMARTS) is 1. The molecule has 4 rings (SSSR count). The van der Waals surface area contributed by atoms with Gasteiger partial charge in [0.15, 0.2) is 5.82 Å². The first kappa shape index (κ1) is 16.2. The third kappa shape index (κ3) is 2.61. The van der Waals surface area contributed by atoms with Crippen LogP contribution in [0.3, 0.4) is 0 Å². The smallest absolute Gasteiger partial charge is 0.328 e. The largest absolute Gasteiger partial charge is 0.488 e. The maximum absolute atomic E-state index is 13.4. The predicted octanol–water partition coefficient (Wildman–Crippen LogP) is 0.997. The lowest BCUT2D eigenvalue weighted by atomic mass is 10.0. The van der Waals surface area contributed by atoms with E-state index in [-0.39, 0.29) is 25.3 Å². The zero-order valence-corrected chi connectivity index (χ0v) is 13.8. The molecule has 1 unspecified atom stereocenters. The van der Waals surface area contributed by atoms with Gasteiger partial charge in [-0.1, -0.05) is 0 Å². The van der Waals surface area contributed by atoms with Crippen molar-refractivity contribution in [2.24, 2.45) is 0 Å². The summed E-state index contributed by atoms with van der Waals surface area (Å²) in [6.07, 6.45) is 1.54. The number of ether oxygens (including phenoxy) is 1. The maximum Gasteiger partial charge on any atom is 0.328 e. The summed E-state index contributed by atoms with van der Waals surface area (Å²) >= 11 is 0. The molecule has 0 aliphatic carbocycles. The number of amides is 1. The molecule has 134 valence electrons. The molecular formula is C17H15FN4O4. The number of aromatic nitrogens is 3. The number of nitrogens with zero attached hydrogens (tertiary/aromatic N) is 4. The minimum absolute atomic E-state index is 0.00791. The number of carbonyl (C=O) groups is 2. The molecule has 0 radical (unpaired) electrons. The van der Waals surface area contributed by atoms with Crippen molar-refractivity contribution in [1.82, 2.24) is 19.7 Å². The Morgan fingerprint density at radius 2 is 2.15 bits per heavy atom. The lowest BCUT2D eigenvalue weighted by Crippen LogP contribution is -2.51. The number of halogens is 1. The molecule has 0 bridgehead atoms. The molecule has 2 aliphatic rings. The van der Waals surface area contributed by atoms with Crippen LogP contribution in [0.25, 0.3) is 6.08 Å². The number of hydrogen-bond acceptors (Lipinski definition) is 5. The van der Waals surface area contributed by atoms with Crippen LogP contribution in [0.15, 0.2) is 23.8 Å². The van der Waals surface area contributed by atoms with Gasteiger partial charge in [-0.05, 0) is 31.2 Å². The molecule has 0 saturated carbocycles. The van der Waals surface area contributed by atoms with Crippen LogP contribution < -0.4 is 4.74 Å². The van der Waals surface area contributed by atoms with Gasteiger partial charge in [-0.3, -0.25) is 4.79 Å². The second-order valence-corrected chi connectivity index (χ2v) is 6.20. The average molecular weight is 358 g/mol. The van der Waals surface area contributed by atoms with E-state index in [1.165, 1.54) is 29.2 Å². The standard InChI is InChI=1S/C17H15FN4O4/c1-9-19-20-15-7-22(13(17(24)25)6-21(9)15)16(23)11-4-10-5-12(18)2-3-14(10)26-8-11/h2-5,13H,6-8H2,1H3,(H,24,25). The highest BCUT2D eigenvalue weighted by Crippen LogP contribution is 2.29. The van der Waals surface area contributed by atoms with Crippen molar-refractivity contribution in [2.45, 2.75) is 26.1 Å². The first-order valence-electron chi connectivity index (χ1n) is 7.99. The summed E-state index contributed by atoms with van der Waals surface area (Å²) in [4.78, 5) is 25.9. The zero-order chi connectivity index (χ0) is 18.4. The normalized spacial score (nSPS) is 18.5. The molecule has 0 saturated heterocycles. The van der Waals surface area contributed by atoms with Gasteiger partial charge in [0, 0.05) is 5.56 Å². The summed E-state index contributed by atoms with van der Waals surface area (Å²) in [5.41, 5.74) is 0.710. The van der Waals surface area contributed by atoms with Crippen molar-refractivity contribution in [1.29, 1.82) is 0 Å². The van der Waals surface area contributed by atoms with E-state index < -0.39 is 23.7 Å². The molecule has 1 atom stereocenters. The molecule has 3 heterocycles. The summed E-state index contributed by atoms with van der Waals surface area (Å²) < 4.78 is 20.6. The third-order valence-corrected chi connectivity index (χ3v) is 4.56. The summed E-state index contributed by atoms with van der Waals surface area (Å²) in [5.74, 6) is -0.422. The van der Waals surface area contributed by atoms with Gasteiger partial charge >= 0.3 is 5.97 Å². The molecule has 1 aromatic heterocycles. The van der Waals surface area contributed by atoms with E-state index in [9.17, 15) is 19.1 Å². The lowest BCUT2D eigenvalue weighted by Gasteiger charge is -2.34. The molecule has 1 amide bonds. The first-order chi connectivity index (χ1) is 12.4. The van der Waals surface area contributed by atoms with Crippen LogP contribution in [0.1, 0.15) is 17.2 Å². The van der Waals surface area contributed by atoms with Crippen molar-refractivity contribution in [2.75, 3.05) is 6.61 Å². The SMILES string of the molecule is Cc1nnc2n1CC(C(=O)O)N(C(=O)C1=Cc3cc(F)ccc3OC1)C2. The van der Waals surface area contributed by atoms with E-state index >= 15 is 0 Å². The third-order valence-electron chi connectivity index (χ3n) is 4.56. The van der Waals surface area contributed by atoms with E-state index in [2.05, 4.69) is 10.2 Å². The van der Waals surface area contributed by atoms with Crippen LogP contribution in [0.4, 0.5) is 4.39 Å². The number of carbonyl (C=O) groups excluding carboxylic acids is 1. The van der Waals surface area contributed by atoms with E-state index in [1.54, 1.807) is 11.5 Å². The predicted molar refractivity (Wildman–Crippen MR) is 86.6 cm³/mol. The van der Waals surface area contributed by atoms with E-state index in [0.29, 0.717) is 23.0 Å². The van der Waals surface area contributed by atoms with Gasteiger partial charge in [0.05, 0.1) is 18.7 Å². The van der Waals surface area contributed by atoms with Gasteiger partial charge in [-0.2, -0.15) is 0 Å². The van der Waals surface area contributed by atoms with Crippen molar-refractivity contribution < 1.29 is 23.8 Å². The molecule has 8 nitrogen and oxygen atoms in total. The Morgan fingerprint density at radius 3 is 2.92 bits per heavy atom. The fraction of sp³-hybridized carbons (Fsp3) is 0.294. The van der Waals surface area contributed by atoms with Crippen LogP contribution >= 0.6 is 0 Å². The van der Waals surface area contributed by atoms with Gasteiger partial charge < -0.3 is 19.3 Å². The number of benzene rings is 1. The average Bonchev–Trinajstić information content (AvgIpc) is 2.99. The number of rotatable bonds is 2. The maximum atomic E-state index is 13.4. The summed E-state index contributed by atoms with van der Waals surface area (Å²) in [6.45, 7) is 1.83.